The highest BCUT2D eigenvalue weighted by atomic mass is 19.1. The lowest BCUT2D eigenvalue weighted by molar-refractivity contribution is 0.0771. The first-order chi connectivity index (χ1) is 8.19. The van der Waals surface area contributed by atoms with Crippen LogP contribution in [0, 0.1) is 17.7 Å². The van der Waals surface area contributed by atoms with Crippen molar-refractivity contribution in [2.45, 2.75) is 39.2 Å². The maximum Gasteiger partial charge on any atom is 0.141 e. The second-order valence-corrected chi connectivity index (χ2v) is 4.94. The van der Waals surface area contributed by atoms with Crippen LogP contribution in [-0.2, 0) is 0 Å². The van der Waals surface area contributed by atoms with Gasteiger partial charge in [0.1, 0.15) is 5.82 Å². The third-order valence-electron chi connectivity index (χ3n) is 4.06. The van der Waals surface area contributed by atoms with E-state index < -0.39 is 0 Å². The quantitative estimate of drug-likeness (QED) is 0.869. The van der Waals surface area contributed by atoms with Crippen molar-refractivity contribution >= 4 is 0 Å². The molecule has 4 unspecified atom stereocenters. The minimum absolute atomic E-state index is 0.253. The highest BCUT2D eigenvalue weighted by Gasteiger charge is 2.47. The van der Waals surface area contributed by atoms with Gasteiger partial charge in [0.15, 0.2) is 0 Å². The molecular formula is C14H21FN2. The summed E-state index contributed by atoms with van der Waals surface area (Å²) in [5, 5.41) is 3.54. The highest BCUT2D eigenvalue weighted by Crippen LogP contribution is 2.48. The summed E-state index contributed by atoms with van der Waals surface area (Å²) in [5.74, 6) is 1.43. The van der Waals surface area contributed by atoms with Gasteiger partial charge < -0.3 is 5.32 Å². The van der Waals surface area contributed by atoms with Crippen molar-refractivity contribution in [3.05, 3.63) is 29.8 Å². The molecule has 1 aromatic rings. The molecule has 2 rings (SSSR count). The Morgan fingerprint density at radius 3 is 2.65 bits per heavy atom. The molecule has 1 aliphatic rings. The standard InChI is InChI=1S/C14H21FN2/c1-4-11-13(9(3)14(11)16-5-2)12-7-6-10(15)8-17-12/h6-9,11,13-14,16H,4-5H2,1-3H3. The van der Waals surface area contributed by atoms with E-state index in [1.807, 2.05) is 6.07 Å². The molecule has 1 fully saturated rings. The molecule has 3 heteroatoms. The van der Waals surface area contributed by atoms with Gasteiger partial charge in [-0.15, -0.1) is 0 Å². The molecule has 0 bridgehead atoms. The molecule has 0 saturated heterocycles. The van der Waals surface area contributed by atoms with Crippen LogP contribution in [0.5, 0.6) is 0 Å². The highest BCUT2D eigenvalue weighted by molar-refractivity contribution is 5.20. The summed E-state index contributed by atoms with van der Waals surface area (Å²) < 4.78 is 12.9. The molecule has 0 aliphatic heterocycles. The number of hydrogen-bond acceptors (Lipinski definition) is 2. The van der Waals surface area contributed by atoms with Crippen molar-refractivity contribution in [3.8, 4) is 0 Å². The van der Waals surface area contributed by atoms with Crippen molar-refractivity contribution in [1.82, 2.24) is 10.3 Å². The summed E-state index contributed by atoms with van der Waals surface area (Å²) in [4.78, 5) is 4.24. The normalized spacial score (nSPS) is 32.2. The minimum atomic E-state index is -0.253. The molecule has 1 aliphatic carbocycles. The zero-order valence-electron chi connectivity index (χ0n) is 10.8. The minimum Gasteiger partial charge on any atom is -0.314 e. The molecule has 0 spiro atoms. The Morgan fingerprint density at radius 2 is 2.12 bits per heavy atom. The fraction of sp³-hybridized carbons (Fsp3) is 0.643. The van der Waals surface area contributed by atoms with Crippen molar-refractivity contribution in [2.75, 3.05) is 6.54 Å². The molecular weight excluding hydrogens is 215 g/mol. The van der Waals surface area contributed by atoms with Gasteiger partial charge in [0, 0.05) is 17.7 Å². The van der Waals surface area contributed by atoms with Gasteiger partial charge in [0.05, 0.1) is 6.20 Å². The van der Waals surface area contributed by atoms with E-state index in [4.69, 9.17) is 0 Å². The maximum absolute atomic E-state index is 12.9. The van der Waals surface area contributed by atoms with Crippen LogP contribution in [0.2, 0.25) is 0 Å². The summed E-state index contributed by atoms with van der Waals surface area (Å²) in [7, 11) is 0. The first-order valence-electron chi connectivity index (χ1n) is 6.53. The van der Waals surface area contributed by atoms with Crippen LogP contribution in [0.15, 0.2) is 18.3 Å². The number of aromatic nitrogens is 1. The average molecular weight is 236 g/mol. The van der Waals surface area contributed by atoms with E-state index >= 15 is 0 Å². The average Bonchev–Trinajstić information content (AvgIpc) is 2.34. The second kappa shape index (κ2) is 5.13. The van der Waals surface area contributed by atoms with Crippen molar-refractivity contribution in [3.63, 3.8) is 0 Å². The molecule has 0 radical (unpaired) electrons. The van der Waals surface area contributed by atoms with E-state index in [2.05, 4.69) is 31.1 Å². The van der Waals surface area contributed by atoms with Gasteiger partial charge in [-0.3, -0.25) is 4.98 Å². The molecule has 0 amide bonds. The van der Waals surface area contributed by atoms with Crippen LogP contribution in [0.3, 0.4) is 0 Å². The van der Waals surface area contributed by atoms with Crippen LogP contribution >= 0.6 is 0 Å². The number of nitrogens with zero attached hydrogens (tertiary/aromatic N) is 1. The van der Waals surface area contributed by atoms with Crippen LogP contribution < -0.4 is 5.32 Å². The fourth-order valence-electron chi connectivity index (χ4n) is 3.24. The topological polar surface area (TPSA) is 24.9 Å². The molecule has 17 heavy (non-hydrogen) atoms. The Labute approximate surface area is 103 Å². The Morgan fingerprint density at radius 1 is 1.35 bits per heavy atom. The lowest BCUT2D eigenvalue weighted by Gasteiger charge is -2.51. The third-order valence-corrected chi connectivity index (χ3v) is 4.06. The first kappa shape index (κ1) is 12.5. The Hall–Kier alpha value is -0.960. The summed E-state index contributed by atoms with van der Waals surface area (Å²) in [6.07, 6.45) is 2.47. The van der Waals surface area contributed by atoms with Gasteiger partial charge >= 0.3 is 0 Å². The Bertz CT molecular complexity index is 363. The SMILES string of the molecule is CCNC1C(C)C(c2ccc(F)cn2)C1CC. The van der Waals surface area contributed by atoms with Gasteiger partial charge in [-0.25, -0.2) is 4.39 Å². The Balaban J connectivity index is 2.14. The third kappa shape index (κ3) is 2.21. The number of pyridine rings is 1. The van der Waals surface area contributed by atoms with Crippen LogP contribution in [0.25, 0.3) is 0 Å². The van der Waals surface area contributed by atoms with Crippen molar-refractivity contribution < 1.29 is 4.39 Å². The maximum atomic E-state index is 12.9. The number of nitrogens with one attached hydrogen (secondary N) is 1. The van der Waals surface area contributed by atoms with E-state index in [0.29, 0.717) is 23.8 Å². The van der Waals surface area contributed by atoms with E-state index in [-0.39, 0.29) is 5.82 Å². The lowest BCUT2D eigenvalue weighted by Crippen LogP contribution is -2.56. The molecule has 0 aromatic carbocycles. The molecule has 94 valence electrons. The van der Waals surface area contributed by atoms with E-state index in [9.17, 15) is 4.39 Å². The van der Waals surface area contributed by atoms with Gasteiger partial charge in [-0.1, -0.05) is 27.2 Å². The molecule has 2 nitrogen and oxygen atoms in total. The number of halogens is 1. The summed E-state index contributed by atoms with van der Waals surface area (Å²) in [6.45, 7) is 7.63. The molecule has 1 aromatic heterocycles. The predicted octanol–water partition coefficient (Wildman–Crippen LogP) is 2.96. The molecule has 1 heterocycles. The number of hydrogen-bond donors (Lipinski definition) is 1. The first-order valence-corrected chi connectivity index (χ1v) is 6.53. The molecule has 4 atom stereocenters. The predicted molar refractivity (Wildman–Crippen MR) is 67.3 cm³/mol. The summed E-state index contributed by atoms with van der Waals surface area (Å²) in [6, 6.07) is 3.94. The van der Waals surface area contributed by atoms with Crippen molar-refractivity contribution in [1.29, 1.82) is 0 Å². The van der Waals surface area contributed by atoms with Crippen LogP contribution in [0.1, 0.15) is 38.8 Å². The molecule has 1 saturated carbocycles. The van der Waals surface area contributed by atoms with Crippen molar-refractivity contribution in [2.24, 2.45) is 11.8 Å². The fourth-order valence-corrected chi connectivity index (χ4v) is 3.24. The largest absolute Gasteiger partial charge is 0.314 e. The zero-order chi connectivity index (χ0) is 12.4. The van der Waals surface area contributed by atoms with Gasteiger partial charge in [-0.2, -0.15) is 0 Å². The molecule has 1 N–H and O–H groups in total. The second-order valence-electron chi connectivity index (χ2n) is 4.94. The smallest absolute Gasteiger partial charge is 0.141 e. The van der Waals surface area contributed by atoms with Gasteiger partial charge in [-0.05, 0) is 30.5 Å². The van der Waals surface area contributed by atoms with E-state index in [0.717, 1.165) is 18.7 Å². The monoisotopic (exact) mass is 236 g/mol. The van der Waals surface area contributed by atoms with Gasteiger partial charge in [0.25, 0.3) is 0 Å². The number of rotatable bonds is 4. The van der Waals surface area contributed by atoms with Crippen LogP contribution in [0.4, 0.5) is 4.39 Å². The van der Waals surface area contributed by atoms with Gasteiger partial charge in [0.2, 0.25) is 0 Å². The van der Waals surface area contributed by atoms with E-state index in [1.54, 1.807) is 0 Å². The Kier molecular flexibility index (Phi) is 3.77. The van der Waals surface area contributed by atoms with E-state index in [1.165, 1.54) is 12.3 Å². The zero-order valence-corrected chi connectivity index (χ0v) is 10.8. The summed E-state index contributed by atoms with van der Waals surface area (Å²) in [5.41, 5.74) is 1.04. The lowest BCUT2D eigenvalue weighted by atomic mass is 9.59. The van der Waals surface area contributed by atoms with Crippen LogP contribution in [-0.4, -0.2) is 17.6 Å². The summed E-state index contributed by atoms with van der Waals surface area (Å²) >= 11 is 0.